The Hall–Kier alpha value is -1.49. The second-order valence-electron chi connectivity index (χ2n) is 2.01. The van der Waals surface area contributed by atoms with Gasteiger partial charge in [0.1, 0.15) is 5.69 Å². The number of pyridine rings is 1. The van der Waals surface area contributed by atoms with Gasteiger partial charge < -0.3 is 10.2 Å². The highest BCUT2D eigenvalue weighted by Gasteiger charge is 2.12. The molecule has 0 aromatic carbocycles. The van der Waals surface area contributed by atoms with E-state index in [2.05, 4.69) is 17.2 Å². The minimum atomic E-state index is -1.16. The van der Waals surface area contributed by atoms with Gasteiger partial charge in [-0.3, -0.25) is 4.98 Å². The van der Waals surface area contributed by atoms with Crippen molar-refractivity contribution in [1.82, 2.24) is 4.98 Å². The number of rotatable bonds is 2. The van der Waals surface area contributed by atoms with Crippen LogP contribution in [0.25, 0.3) is 0 Å². The van der Waals surface area contributed by atoms with E-state index in [-0.39, 0.29) is 11.3 Å². The Kier molecular flexibility index (Phi) is 2.35. The highest BCUT2D eigenvalue weighted by Crippen LogP contribution is 2.05. The summed E-state index contributed by atoms with van der Waals surface area (Å²) in [5.74, 6) is -1.16. The Labute approximate surface area is 73.5 Å². The maximum atomic E-state index is 10.5. The van der Waals surface area contributed by atoms with Crippen molar-refractivity contribution < 1.29 is 15.0 Å². The van der Waals surface area contributed by atoms with Crippen molar-refractivity contribution >= 4 is 23.2 Å². The lowest BCUT2D eigenvalue weighted by Crippen LogP contribution is -2.08. The van der Waals surface area contributed by atoms with E-state index in [0.29, 0.717) is 0 Å². The lowest BCUT2D eigenvalue weighted by atomic mass is 10.2. The predicted molar refractivity (Wildman–Crippen MR) is 45.5 cm³/mol. The van der Waals surface area contributed by atoms with Crippen molar-refractivity contribution in [3.05, 3.63) is 29.6 Å². The van der Waals surface area contributed by atoms with E-state index >= 15 is 0 Å². The normalized spacial score (nSPS) is 9.33. The number of aromatic carboxylic acids is 1. The van der Waals surface area contributed by atoms with Crippen LogP contribution < -0.4 is 0 Å². The first-order chi connectivity index (χ1) is 5.63. The largest absolute Gasteiger partial charge is 0.497 e. The summed E-state index contributed by atoms with van der Waals surface area (Å²) in [6, 6.07) is 2.79. The maximum Gasteiger partial charge on any atom is 0.338 e. The summed E-state index contributed by atoms with van der Waals surface area (Å²) in [5, 5.41) is 17.0. The number of aromatic nitrogens is 1. The van der Waals surface area contributed by atoms with Gasteiger partial charge in [0.15, 0.2) is 0 Å². The first kappa shape index (κ1) is 8.61. The summed E-state index contributed by atoms with van der Waals surface area (Å²) >= 11 is 4.40. The highest BCUT2D eigenvalue weighted by molar-refractivity contribution is 7.80. The number of aliphatic hydroxyl groups excluding tert-OH is 1. The fraction of sp³-hybridized carbons (Fsp3) is 0. The first-order valence-electron chi connectivity index (χ1n) is 3.04. The molecule has 0 bridgehead atoms. The van der Waals surface area contributed by atoms with Crippen LogP contribution in [0.2, 0.25) is 0 Å². The molecule has 0 saturated heterocycles. The van der Waals surface area contributed by atoms with Gasteiger partial charge in [-0.05, 0) is 24.4 Å². The van der Waals surface area contributed by atoms with E-state index in [1.54, 1.807) is 0 Å². The number of carbonyl (C=O) groups is 1. The van der Waals surface area contributed by atoms with Crippen molar-refractivity contribution in [2.45, 2.75) is 0 Å². The number of nitrogens with zero attached hydrogens (tertiary/aromatic N) is 1. The molecule has 1 heterocycles. The lowest BCUT2D eigenvalue weighted by molar-refractivity contribution is 0.0696. The quantitative estimate of drug-likeness (QED) is 0.669. The van der Waals surface area contributed by atoms with Crippen LogP contribution in [0.3, 0.4) is 0 Å². The zero-order chi connectivity index (χ0) is 9.14. The van der Waals surface area contributed by atoms with Gasteiger partial charge in [-0.1, -0.05) is 0 Å². The average molecular weight is 183 g/mol. The molecule has 5 heteroatoms. The summed E-state index contributed by atoms with van der Waals surface area (Å²) in [7, 11) is 0. The molecule has 4 nitrogen and oxygen atoms in total. The molecule has 1 aromatic rings. The topological polar surface area (TPSA) is 70.4 Å². The van der Waals surface area contributed by atoms with Gasteiger partial charge in [0.25, 0.3) is 0 Å². The van der Waals surface area contributed by atoms with E-state index in [0.717, 1.165) is 0 Å². The Balaban J connectivity index is 3.27. The number of hydrogen-bond acceptors (Lipinski definition) is 3. The standard InChI is InChI=1S/C7H5NO3S/c9-6(10)4-2-1-3-8-5(4)7(11)12/h1-3H,(H,9,10)(H,11,12). The number of carboxylic acid groups (broad SMARTS) is 1. The van der Waals surface area contributed by atoms with Crippen molar-refractivity contribution in [2.75, 3.05) is 0 Å². The second-order valence-corrected chi connectivity index (χ2v) is 2.40. The summed E-state index contributed by atoms with van der Waals surface area (Å²) in [5.41, 5.74) is -0.162. The Bertz CT molecular complexity index is 304. The number of thiocarbonyl (C=S) groups is 1. The van der Waals surface area contributed by atoms with Gasteiger partial charge in [-0.15, -0.1) is 0 Å². The van der Waals surface area contributed by atoms with Crippen molar-refractivity contribution in [2.24, 2.45) is 0 Å². The van der Waals surface area contributed by atoms with E-state index in [1.807, 2.05) is 0 Å². The molecular weight excluding hydrogens is 178 g/mol. The molecule has 0 aliphatic rings. The van der Waals surface area contributed by atoms with Gasteiger partial charge in [0.05, 0.1) is 5.56 Å². The molecule has 0 atom stereocenters. The van der Waals surface area contributed by atoms with Crippen LogP contribution in [0.15, 0.2) is 18.3 Å². The molecule has 2 N–H and O–H groups in total. The van der Waals surface area contributed by atoms with Gasteiger partial charge in [-0.25, -0.2) is 4.79 Å². The van der Waals surface area contributed by atoms with Gasteiger partial charge in [0, 0.05) is 6.20 Å². The minimum absolute atomic E-state index is 0.0694. The van der Waals surface area contributed by atoms with Gasteiger partial charge >= 0.3 is 5.97 Å². The van der Waals surface area contributed by atoms with E-state index in [1.165, 1.54) is 18.3 Å². The summed E-state index contributed by atoms with van der Waals surface area (Å²) < 4.78 is 0. The molecule has 0 saturated carbocycles. The average Bonchev–Trinajstić information content (AvgIpc) is 2.04. The molecular formula is C7H5NO3S. The Morgan fingerprint density at radius 2 is 2.17 bits per heavy atom. The first-order valence-corrected chi connectivity index (χ1v) is 3.45. The molecule has 12 heavy (non-hydrogen) atoms. The highest BCUT2D eigenvalue weighted by atomic mass is 32.1. The Morgan fingerprint density at radius 1 is 1.50 bits per heavy atom. The van der Waals surface area contributed by atoms with Crippen molar-refractivity contribution in [3.8, 4) is 0 Å². The van der Waals surface area contributed by atoms with Gasteiger partial charge in [-0.2, -0.15) is 0 Å². The number of aliphatic hydroxyl groups is 1. The molecule has 1 rings (SSSR count). The predicted octanol–water partition coefficient (Wildman–Crippen LogP) is 1.01. The van der Waals surface area contributed by atoms with Crippen LogP contribution in [-0.4, -0.2) is 26.2 Å². The smallest absolute Gasteiger partial charge is 0.338 e. The Morgan fingerprint density at radius 3 is 2.58 bits per heavy atom. The SMILES string of the molecule is O=C(O)c1cccnc1C(O)=S. The zero-order valence-electron chi connectivity index (χ0n) is 5.89. The second kappa shape index (κ2) is 3.27. The fourth-order valence-corrected chi connectivity index (χ4v) is 0.911. The summed E-state index contributed by atoms with van der Waals surface area (Å²) in [6.45, 7) is 0. The van der Waals surface area contributed by atoms with E-state index in [4.69, 9.17) is 10.2 Å². The molecule has 1 aromatic heterocycles. The third-order valence-corrected chi connectivity index (χ3v) is 1.43. The summed E-state index contributed by atoms with van der Waals surface area (Å²) in [4.78, 5) is 14.1. The fourth-order valence-electron chi connectivity index (χ4n) is 0.748. The molecule has 0 aliphatic heterocycles. The molecule has 62 valence electrons. The zero-order valence-corrected chi connectivity index (χ0v) is 6.71. The minimum Gasteiger partial charge on any atom is -0.497 e. The third-order valence-electron chi connectivity index (χ3n) is 1.24. The maximum absolute atomic E-state index is 10.5. The number of carboxylic acids is 1. The molecule has 0 spiro atoms. The lowest BCUT2D eigenvalue weighted by Gasteiger charge is -1.99. The molecule has 0 fully saturated rings. The van der Waals surface area contributed by atoms with Crippen LogP contribution in [0.1, 0.15) is 16.1 Å². The third kappa shape index (κ3) is 1.57. The van der Waals surface area contributed by atoms with Crippen molar-refractivity contribution in [3.63, 3.8) is 0 Å². The van der Waals surface area contributed by atoms with Crippen molar-refractivity contribution in [1.29, 1.82) is 0 Å². The van der Waals surface area contributed by atoms with Gasteiger partial charge in [0.2, 0.25) is 5.05 Å². The molecule has 0 radical (unpaired) electrons. The van der Waals surface area contributed by atoms with E-state index < -0.39 is 11.0 Å². The summed E-state index contributed by atoms with van der Waals surface area (Å²) in [6.07, 6.45) is 1.37. The van der Waals surface area contributed by atoms with Crippen LogP contribution in [0, 0.1) is 0 Å². The van der Waals surface area contributed by atoms with E-state index in [9.17, 15) is 4.79 Å². The van der Waals surface area contributed by atoms with Crippen LogP contribution in [0.4, 0.5) is 0 Å². The molecule has 0 aliphatic carbocycles. The van der Waals surface area contributed by atoms with Crippen LogP contribution in [-0.2, 0) is 0 Å². The van der Waals surface area contributed by atoms with Crippen LogP contribution in [0.5, 0.6) is 0 Å². The molecule has 0 amide bonds. The molecule has 0 unspecified atom stereocenters. The number of hydrogen-bond donors (Lipinski definition) is 2. The monoisotopic (exact) mass is 183 g/mol. The van der Waals surface area contributed by atoms with Crippen LogP contribution >= 0.6 is 12.2 Å².